The molecule has 0 aliphatic carbocycles. The Morgan fingerprint density at radius 1 is 1.53 bits per heavy atom. The van der Waals surface area contributed by atoms with Crippen molar-refractivity contribution in [3.63, 3.8) is 0 Å². The largest absolute Gasteiger partial charge is 0.326 e. The quantitative estimate of drug-likeness (QED) is 0.895. The summed E-state index contributed by atoms with van der Waals surface area (Å²) in [6.45, 7) is 3.40. The van der Waals surface area contributed by atoms with Gasteiger partial charge in [0, 0.05) is 35.4 Å². The molecule has 2 N–H and O–H groups in total. The van der Waals surface area contributed by atoms with Crippen LogP contribution in [0.2, 0.25) is 0 Å². The van der Waals surface area contributed by atoms with Crippen molar-refractivity contribution in [1.82, 2.24) is 9.21 Å². The number of rotatable bonds is 4. The number of thiophene rings is 1. The Morgan fingerprint density at radius 2 is 2.21 bits per heavy atom. The van der Waals surface area contributed by atoms with Gasteiger partial charge in [0.05, 0.1) is 4.90 Å². The maximum absolute atomic E-state index is 12.6. The van der Waals surface area contributed by atoms with E-state index in [1.807, 2.05) is 21.0 Å². The number of hydrogen-bond donors (Lipinski definition) is 1. The van der Waals surface area contributed by atoms with Gasteiger partial charge in [-0.05, 0) is 33.5 Å². The molecule has 1 fully saturated rings. The first-order chi connectivity index (χ1) is 8.86. The standard InChI is InChI=1S/C12H21N3O2S2/c1-9-12(6-11(7-13)18-9)19(16,17)15-5-4-10(8-15)14(2)3/h6,10H,4-5,7-8,13H2,1-3H3. The monoisotopic (exact) mass is 303 g/mol. The Hall–Kier alpha value is -0.470. The molecule has 1 saturated heterocycles. The van der Waals surface area contributed by atoms with Crippen LogP contribution in [0.3, 0.4) is 0 Å². The normalized spacial score (nSPS) is 21.4. The van der Waals surface area contributed by atoms with Crippen LogP contribution in [0.5, 0.6) is 0 Å². The Balaban J connectivity index is 2.26. The smallest absolute Gasteiger partial charge is 0.244 e. The predicted molar refractivity (Wildman–Crippen MR) is 77.8 cm³/mol. The van der Waals surface area contributed by atoms with E-state index in [0.29, 0.717) is 30.6 Å². The van der Waals surface area contributed by atoms with Gasteiger partial charge in [-0.25, -0.2) is 8.42 Å². The third-order valence-corrected chi connectivity index (χ3v) is 6.79. The van der Waals surface area contributed by atoms with Crippen molar-refractivity contribution in [3.8, 4) is 0 Å². The molecule has 1 atom stereocenters. The van der Waals surface area contributed by atoms with Gasteiger partial charge in [-0.3, -0.25) is 0 Å². The van der Waals surface area contributed by atoms with Crippen LogP contribution in [0, 0.1) is 6.92 Å². The van der Waals surface area contributed by atoms with E-state index in [4.69, 9.17) is 5.73 Å². The number of hydrogen-bond acceptors (Lipinski definition) is 5. The third kappa shape index (κ3) is 2.85. The molecule has 2 heterocycles. The molecule has 7 heteroatoms. The second-order valence-electron chi connectivity index (χ2n) is 5.11. The second-order valence-corrected chi connectivity index (χ2v) is 8.35. The van der Waals surface area contributed by atoms with Gasteiger partial charge in [-0.15, -0.1) is 11.3 Å². The SMILES string of the molecule is Cc1sc(CN)cc1S(=O)(=O)N1CCC(N(C)C)C1. The Bertz CT molecular complexity index is 551. The second kappa shape index (κ2) is 5.49. The molecular formula is C12H21N3O2S2. The van der Waals surface area contributed by atoms with Crippen molar-refractivity contribution >= 4 is 21.4 Å². The van der Waals surface area contributed by atoms with Gasteiger partial charge >= 0.3 is 0 Å². The van der Waals surface area contributed by atoms with Gasteiger partial charge in [0.15, 0.2) is 0 Å². The first kappa shape index (κ1) is 14.9. The molecule has 1 aliphatic heterocycles. The van der Waals surface area contributed by atoms with E-state index >= 15 is 0 Å². The lowest BCUT2D eigenvalue weighted by molar-refractivity contribution is 0.302. The summed E-state index contributed by atoms with van der Waals surface area (Å²) in [5.41, 5.74) is 5.59. The molecule has 1 aliphatic rings. The summed E-state index contributed by atoms with van der Waals surface area (Å²) in [6.07, 6.45) is 0.888. The van der Waals surface area contributed by atoms with Crippen molar-refractivity contribution in [2.24, 2.45) is 5.73 Å². The van der Waals surface area contributed by atoms with Gasteiger partial charge in [0.2, 0.25) is 10.0 Å². The summed E-state index contributed by atoms with van der Waals surface area (Å²) >= 11 is 1.47. The van der Waals surface area contributed by atoms with Gasteiger partial charge in [0.25, 0.3) is 0 Å². The van der Waals surface area contributed by atoms with Crippen LogP contribution in [0.15, 0.2) is 11.0 Å². The molecule has 1 aromatic rings. The maximum atomic E-state index is 12.6. The van der Waals surface area contributed by atoms with Crippen molar-refractivity contribution < 1.29 is 8.42 Å². The van der Waals surface area contributed by atoms with E-state index in [1.54, 1.807) is 10.4 Å². The van der Waals surface area contributed by atoms with Crippen LogP contribution in [0.25, 0.3) is 0 Å². The van der Waals surface area contributed by atoms with Crippen LogP contribution >= 0.6 is 11.3 Å². The van der Waals surface area contributed by atoms with Gasteiger partial charge in [-0.2, -0.15) is 4.31 Å². The molecule has 0 bridgehead atoms. The zero-order valence-corrected chi connectivity index (χ0v) is 13.2. The lowest BCUT2D eigenvalue weighted by Crippen LogP contribution is -2.34. The molecule has 0 amide bonds. The highest BCUT2D eigenvalue weighted by atomic mass is 32.2. The van der Waals surface area contributed by atoms with Crippen molar-refractivity contribution in [2.45, 2.75) is 30.8 Å². The summed E-state index contributed by atoms with van der Waals surface area (Å²) in [5.74, 6) is 0. The fourth-order valence-corrected chi connectivity index (χ4v) is 5.35. The van der Waals surface area contributed by atoms with Gasteiger partial charge in [-0.1, -0.05) is 0 Å². The summed E-state index contributed by atoms with van der Waals surface area (Å²) in [6, 6.07) is 2.03. The molecule has 0 saturated carbocycles. The van der Waals surface area contributed by atoms with Gasteiger partial charge in [0.1, 0.15) is 0 Å². The van der Waals surface area contributed by atoms with E-state index in [9.17, 15) is 8.42 Å². The molecule has 0 aromatic carbocycles. The molecule has 0 spiro atoms. The molecule has 1 aromatic heterocycles. The highest BCUT2D eigenvalue weighted by Gasteiger charge is 2.34. The van der Waals surface area contributed by atoms with Gasteiger partial charge < -0.3 is 10.6 Å². The number of nitrogens with zero attached hydrogens (tertiary/aromatic N) is 2. The minimum atomic E-state index is -3.36. The van der Waals surface area contributed by atoms with E-state index in [2.05, 4.69) is 4.90 Å². The minimum Gasteiger partial charge on any atom is -0.326 e. The number of nitrogens with two attached hydrogens (primary N) is 1. The maximum Gasteiger partial charge on any atom is 0.244 e. The molecule has 0 radical (unpaired) electrons. The topological polar surface area (TPSA) is 66.6 Å². The van der Waals surface area contributed by atoms with Crippen LogP contribution < -0.4 is 5.73 Å². The first-order valence-electron chi connectivity index (χ1n) is 6.32. The fourth-order valence-electron chi connectivity index (χ4n) is 2.37. The van der Waals surface area contributed by atoms with Crippen molar-refractivity contribution in [1.29, 1.82) is 0 Å². The predicted octanol–water partition coefficient (Wildman–Crippen LogP) is 0.840. The zero-order chi connectivity index (χ0) is 14.2. The first-order valence-corrected chi connectivity index (χ1v) is 8.58. The minimum absolute atomic E-state index is 0.308. The summed E-state index contributed by atoms with van der Waals surface area (Å²) in [7, 11) is 0.615. The van der Waals surface area contributed by atoms with E-state index in [1.165, 1.54) is 11.3 Å². The lowest BCUT2D eigenvalue weighted by atomic mass is 10.2. The van der Waals surface area contributed by atoms with Crippen molar-refractivity contribution in [3.05, 3.63) is 15.8 Å². The highest BCUT2D eigenvalue weighted by molar-refractivity contribution is 7.89. The molecule has 1 unspecified atom stereocenters. The Morgan fingerprint density at radius 3 is 2.68 bits per heavy atom. The summed E-state index contributed by atoms with van der Waals surface area (Å²) < 4.78 is 26.8. The average Bonchev–Trinajstić information content (AvgIpc) is 2.95. The number of likely N-dealkylation sites (N-methyl/N-ethyl adjacent to an activating group) is 1. The Kier molecular flexibility index (Phi) is 4.32. The Labute approximate surface area is 119 Å². The van der Waals surface area contributed by atoms with Crippen LogP contribution in [0.4, 0.5) is 0 Å². The van der Waals surface area contributed by atoms with Crippen LogP contribution in [0.1, 0.15) is 16.2 Å². The molecule has 5 nitrogen and oxygen atoms in total. The number of sulfonamides is 1. The van der Waals surface area contributed by atoms with E-state index in [0.717, 1.165) is 16.2 Å². The zero-order valence-electron chi connectivity index (χ0n) is 11.6. The van der Waals surface area contributed by atoms with Crippen LogP contribution in [-0.2, 0) is 16.6 Å². The fraction of sp³-hybridized carbons (Fsp3) is 0.667. The molecular weight excluding hydrogens is 282 g/mol. The van der Waals surface area contributed by atoms with E-state index < -0.39 is 10.0 Å². The number of aryl methyl sites for hydroxylation is 1. The summed E-state index contributed by atoms with van der Waals surface area (Å²) in [5, 5.41) is 0. The third-order valence-electron chi connectivity index (χ3n) is 3.60. The molecule has 19 heavy (non-hydrogen) atoms. The average molecular weight is 303 g/mol. The highest BCUT2D eigenvalue weighted by Crippen LogP contribution is 2.30. The molecule has 108 valence electrons. The van der Waals surface area contributed by atoms with Crippen molar-refractivity contribution in [2.75, 3.05) is 27.2 Å². The summed E-state index contributed by atoms with van der Waals surface area (Å²) in [4.78, 5) is 4.26. The lowest BCUT2D eigenvalue weighted by Gasteiger charge is -2.20. The molecule has 2 rings (SSSR count). The van der Waals surface area contributed by atoms with E-state index in [-0.39, 0.29) is 0 Å². The van der Waals surface area contributed by atoms with Crippen LogP contribution in [-0.4, -0.2) is 50.8 Å².